The Balaban J connectivity index is 2.01. The van der Waals surface area contributed by atoms with Crippen molar-refractivity contribution in [1.82, 2.24) is 15.6 Å². The summed E-state index contributed by atoms with van der Waals surface area (Å²) in [7, 11) is 1.61. The van der Waals surface area contributed by atoms with Gasteiger partial charge in [-0.1, -0.05) is 6.92 Å². The van der Waals surface area contributed by atoms with Crippen LogP contribution in [0, 0.1) is 0 Å². The number of carbonyl (C=O) groups is 2. The second-order valence-corrected chi connectivity index (χ2v) is 6.11. The standard InChI is InChI=1S/C17H21N3O3S/c1-4-9-18-15(21)11(2)19-16(22)14-10-24-17(20-14)12-5-7-13(23-3)8-6-12/h5-8,10-11H,4,9H2,1-3H3,(H,18,21)(H,19,22)/t11-/m0/s1. The third-order valence-corrected chi connectivity index (χ3v) is 4.26. The lowest BCUT2D eigenvalue weighted by molar-refractivity contribution is -0.122. The smallest absolute Gasteiger partial charge is 0.271 e. The number of methoxy groups -OCH3 is 1. The lowest BCUT2D eigenvalue weighted by Crippen LogP contribution is -2.45. The molecule has 7 heteroatoms. The minimum atomic E-state index is -0.602. The van der Waals surface area contributed by atoms with Gasteiger partial charge >= 0.3 is 0 Å². The van der Waals surface area contributed by atoms with Gasteiger partial charge in [-0.05, 0) is 37.6 Å². The fourth-order valence-corrected chi connectivity index (χ4v) is 2.79. The Bertz CT molecular complexity index is 697. The second-order valence-electron chi connectivity index (χ2n) is 5.25. The predicted octanol–water partition coefficient (Wildman–Crippen LogP) is 2.46. The van der Waals surface area contributed by atoms with E-state index in [1.54, 1.807) is 19.4 Å². The molecular formula is C17H21N3O3S. The van der Waals surface area contributed by atoms with Gasteiger partial charge in [-0.3, -0.25) is 9.59 Å². The van der Waals surface area contributed by atoms with E-state index in [2.05, 4.69) is 15.6 Å². The number of rotatable bonds is 7. The molecule has 0 fully saturated rings. The van der Waals surface area contributed by atoms with Gasteiger partial charge in [0, 0.05) is 17.5 Å². The molecule has 0 aliphatic heterocycles. The minimum Gasteiger partial charge on any atom is -0.497 e. The van der Waals surface area contributed by atoms with Crippen LogP contribution >= 0.6 is 11.3 Å². The number of aromatic nitrogens is 1. The highest BCUT2D eigenvalue weighted by molar-refractivity contribution is 7.13. The van der Waals surface area contributed by atoms with Crippen molar-refractivity contribution in [3.8, 4) is 16.3 Å². The Morgan fingerprint density at radius 1 is 1.29 bits per heavy atom. The summed E-state index contributed by atoms with van der Waals surface area (Å²) in [5, 5.41) is 7.84. The molecule has 128 valence electrons. The summed E-state index contributed by atoms with van der Waals surface area (Å²) in [6, 6.07) is 6.86. The van der Waals surface area contributed by atoms with E-state index in [4.69, 9.17) is 4.74 Å². The van der Waals surface area contributed by atoms with E-state index in [0.29, 0.717) is 12.2 Å². The van der Waals surface area contributed by atoms with Gasteiger partial charge in [-0.15, -0.1) is 11.3 Å². The van der Waals surface area contributed by atoms with Gasteiger partial charge in [-0.2, -0.15) is 0 Å². The van der Waals surface area contributed by atoms with E-state index in [1.165, 1.54) is 11.3 Å². The highest BCUT2D eigenvalue weighted by Gasteiger charge is 2.18. The molecule has 1 atom stereocenters. The molecule has 0 aliphatic carbocycles. The zero-order valence-electron chi connectivity index (χ0n) is 14.0. The Kier molecular flexibility index (Phi) is 6.31. The van der Waals surface area contributed by atoms with Crippen molar-refractivity contribution in [3.63, 3.8) is 0 Å². The SMILES string of the molecule is CCCNC(=O)[C@H](C)NC(=O)c1csc(-c2ccc(OC)cc2)n1. The third-order valence-electron chi connectivity index (χ3n) is 3.36. The molecule has 6 nitrogen and oxygen atoms in total. The lowest BCUT2D eigenvalue weighted by atomic mass is 10.2. The first-order valence-corrected chi connectivity index (χ1v) is 8.61. The maximum atomic E-state index is 12.2. The summed E-state index contributed by atoms with van der Waals surface area (Å²) in [4.78, 5) is 28.4. The summed E-state index contributed by atoms with van der Waals surface area (Å²) in [6.07, 6.45) is 0.851. The van der Waals surface area contributed by atoms with Gasteiger partial charge < -0.3 is 15.4 Å². The maximum absolute atomic E-state index is 12.2. The minimum absolute atomic E-state index is 0.198. The molecule has 2 amide bonds. The van der Waals surface area contributed by atoms with Gasteiger partial charge in [0.15, 0.2) is 0 Å². The zero-order chi connectivity index (χ0) is 17.5. The number of nitrogens with one attached hydrogen (secondary N) is 2. The Hall–Kier alpha value is -2.41. The van der Waals surface area contributed by atoms with E-state index in [9.17, 15) is 9.59 Å². The molecular weight excluding hydrogens is 326 g/mol. The van der Waals surface area contributed by atoms with Crippen molar-refractivity contribution in [2.45, 2.75) is 26.3 Å². The monoisotopic (exact) mass is 347 g/mol. The number of thiazole rings is 1. The highest BCUT2D eigenvalue weighted by atomic mass is 32.1. The van der Waals surface area contributed by atoms with E-state index in [-0.39, 0.29) is 11.8 Å². The Morgan fingerprint density at radius 3 is 2.62 bits per heavy atom. The van der Waals surface area contributed by atoms with Gasteiger partial charge in [0.1, 0.15) is 22.5 Å². The zero-order valence-corrected chi connectivity index (χ0v) is 14.8. The van der Waals surface area contributed by atoms with Crippen LogP contribution in [0.15, 0.2) is 29.6 Å². The molecule has 1 heterocycles. The highest BCUT2D eigenvalue weighted by Crippen LogP contribution is 2.25. The third kappa shape index (κ3) is 4.55. The molecule has 0 spiro atoms. The van der Waals surface area contributed by atoms with Gasteiger partial charge in [-0.25, -0.2) is 4.98 Å². The van der Waals surface area contributed by atoms with Crippen molar-refractivity contribution in [2.24, 2.45) is 0 Å². The fraction of sp³-hybridized carbons (Fsp3) is 0.353. The summed E-state index contributed by atoms with van der Waals surface area (Å²) in [5.74, 6) is 0.209. The number of ether oxygens (including phenoxy) is 1. The molecule has 0 bridgehead atoms. The first kappa shape index (κ1) is 17.9. The van der Waals surface area contributed by atoms with E-state index < -0.39 is 6.04 Å². The van der Waals surface area contributed by atoms with E-state index in [1.807, 2.05) is 31.2 Å². The molecule has 1 aromatic carbocycles. The summed E-state index contributed by atoms with van der Waals surface area (Å²) in [6.45, 7) is 4.22. The number of hydrogen-bond acceptors (Lipinski definition) is 5. The van der Waals surface area contributed by atoms with Crippen molar-refractivity contribution in [3.05, 3.63) is 35.3 Å². The van der Waals surface area contributed by atoms with E-state index in [0.717, 1.165) is 22.7 Å². The van der Waals surface area contributed by atoms with Crippen LogP contribution < -0.4 is 15.4 Å². The van der Waals surface area contributed by atoms with Gasteiger partial charge in [0.05, 0.1) is 7.11 Å². The van der Waals surface area contributed by atoms with Crippen molar-refractivity contribution < 1.29 is 14.3 Å². The van der Waals surface area contributed by atoms with Gasteiger partial charge in [0.2, 0.25) is 5.91 Å². The van der Waals surface area contributed by atoms with Crippen molar-refractivity contribution in [1.29, 1.82) is 0 Å². The molecule has 0 aliphatic rings. The van der Waals surface area contributed by atoms with Crippen molar-refractivity contribution >= 4 is 23.2 Å². The number of hydrogen-bond donors (Lipinski definition) is 2. The summed E-state index contributed by atoms with van der Waals surface area (Å²) in [5.41, 5.74) is 1.22. The predicted molar refractivity (Wildman–Crippen MR) is 94.3 cm³/mol. The molecule has 2 N–H and O–H groups in total. The maximum Gasteiger partial charge on any atom is 0.271 e. The van der Waals surface area contributed by atoms with E-state index >= 15 is 0 Å². The molecule has 24 heavy (non-hydrogen) atoms. The first-order chi connectivity index (χ1) is 11.5. The summed E-state index contributed by atoms with van der Waals surface area (Å²) >= 11 is 1.38. The molecule has 0 saturated heterocycles. The quantitative estimate of drug-likeness (QED) is 0.806. The molecule has 0 saturated carbocycles. The number of benzene rings is 1. The number of nitrogens with zero attached hydrogens (tertiary/aromatic N) is 1. The Labute approximate surface area is 145 Å². The van der Waals surface area contributed by atoms with Crippen LogP contribution in [0.2, 0.25) is 0 Å². The average molecular weight is 347 g/mol. The number of carbonyl (C=O) groups excluding carboxylic acids is 2. The lowest BCUT2D eigenvalue weighted by Gasteiger charge is -2.12. The molecule has 0 unspecified atom stereocenters. The molecule has 0 radical (unpaired) electrons. The first-order valence-electron chi connectivity index (χ1n) is 7.73. The number of amides is 2. The molecule has 2 rings (SSSR count). The molecule has 1 aromatic heterocycles. The topological polar surface area (TPSA) is 80.3 Å². The van der Waals surface area contributed by atoms with Gasteiger partial charge in [0.25, 0.3) is 5.91 Å². The van der Waals surface area contributed by atoms with Crippen LogP contribution in [-0.2, 0) is 4.79 Å². The van der Waals surface area contributed by atoms with Crippen LogP contribution in [0.25, 0.3) is 10.6 Å². The fourth-order valence-electron chi connectivity index (χ4n) is 1.98. The average Bonchev–Trinajstić information content (AvgIpc) is 3.09. The van der Waals surface area contributed by atoms with Crippen LogP contribution in [0.1, 0.15) is 30.8 Å². The normalized spacial score (nSPS) is 11.6. The second kappa shape index (κ2) is 8.44. The van der Waals surface area contributed by atoms with Crippen LogP contribution in [0.4, 0.5) is 0 Å². The van der Waals surface area contributed by atoms with Crippen molar-refractivity contribution in [2.75, 3.05) is 13.7 Å². The van der Waals surface area contributed by atoms with Crippen LogP contribution in [0.5, 0.6) is 5.75 Å². The van der Waals surface area contributed by atoms with Crippen LogP contribution in [-0.4, -0.2) is 36.5 Å². The molecule has 2 aromatic rings. The Morgan fingerprint density at radius 2 is 2.00 bits per heavy atom. The summed E-state index contributed by atoms with van der Waals surface area (Å²) < 4.78 is 5.12. The van der Waals surface area contributed by atoms with Crippen LogP contribution in [0.3, 0.4) is 0 Å². The largest absolute Gasteiger partial charge is 0.497 e.